The molecule has 0 fully saturated rings. The van der Waals surface area contributed by atoms with Gasteiger partial charge in [0, 0.05) is 18.7 Å². The number of carbonyl (C=O) groups excluding carboxylic acids is 1. The predicted molar refractivity (Wildman–Crippen MR) is 73.2 cm³/mol. The third-order valence-corrected chi connectivity index (χ3v) is 2.70. The first-order valence-corrected chi connectivity index (χ1v) is 6.50. The van der Waals surface area contributed by atoms with Crippen LogP contribution >= 0.6 is 0 Å². The van der Waals surface area contributed by atoms with Crippen molar-refractivity contribution >= 4 is 5.91 Å². The van der Waals surface area contributed by atoms with Crippen molar-refractivity contribution in [3.63, 3.8) is 0 Å². The van der Waals surface area contributed by atoms with E-state index >= 15 is 0 Å². The highest BCUT2D eigenvalue weighted by Gasteiger charge is 2.03. The minimum Gasteiger partial charge on any atom is -0.350 e. The van der Waals surface area contributed by atoms with Gasteiger partial charge in [-0.05, 0) is 31.5 Å². The number of pyridine rings is 1. The van der Waals surface area contributed by atoms with E-state index in [-0.39, 0.29) is 5.91 Å². The van der Waals surface area contributed by atoms with Gasteiger partial charge >= 0.3 is 0 Å². The summed E-state index contributed by atoms with van der Waals surface area (Å²) in [5, 5.41) is 6.19. The number of nitrogens with one attached hydrogen (secondary N) is 2. The van der Waals surface area contributed by atoms with Crippen LogP contribution in [0.15, 0.2) is 18.3 Å². The Balaban J connectivity index is 2.19. The van der Waals surface area contributed by atoms with Gasteiger partial charge in [0.25, 0.3) is 0 Å². The highest BCUT2D eigenvalue weighted by Crippen LogP contribution is 2.02. The zero-order valence-corrected chi connectivity index (χ0v) is 11.5. The lowest BCUT2D eigenvalue weighted by molar-refractivity contribution is -0.121. The molecule has 1 amide bonds. The number of hydrogen-bond acceptors (Lipinski definition) is 3. The van der Waals surface area contributed by atoms with Crippen LogP contribution in [0.25, 0.3) is 0 Å². The predicted octanol–water partition coefficient (Wildman–Crippen LogP) is 1.78. The van der Waals surface area contributed by atoms with Crippen molar-refractivity contribution in [1.82, 2.24) is 15.6 Å². The maximum Gasteiger partial charge on any atom is 0.220 e. The van der Waals surface area contributed by atoms with Crippen LogP contribution in [0.3, 0.4) is 0 Å². The van der Waals surface area contributed by atoms with Crippen molar-refractivity contribution < 1.29 is 4.79 Å². The molecule has 1 rings (SSSR count). The Labute approximate surface area is 109 Å². The van der Waals surface area contributed by atoms with Crippen molar-refractivity contribution in [2.24, 2.45) is 0 Å². The Morgan fingerprint density at radius 3 is 2.89 bits per heavy atom. The summed E-state index contributed by atoms with van der Waals surface area (Å²) in [4.78, 5) is 15.8. The van der Waals surface area contributed by atoms with Gasteiger partial charge in [0.15, 0.2) is 0 Å². The molecular weight excluding hydrogens is 226 g/mol. The lowest BCUT2D eigenvalue weighted by Gasteiger charge is -2.09. The molecule has 0 radical (unpaired) electrons. The van der Waals surface area contributed by atoms with Crippen molar-refractivity contribution in [1.29, 1.82) is 0 Å². The second-order valence-electron chi connectivity index (χ2n) is 4.76. The monoisotopic (exact) mass is 249 g/mol. The van der Waals surface area contributed by atoms with Crippen LogP contribution in [-0.2, 0) is 11.3 Å². The van der Waals surface area contributed by atoms with E-state index in [0.29, 0.717) is 19.0 Å². The number of rotatable bonds is 7. The summed E-state index contributed by atoms with van der Waals surface area (Å²) in [6.07, 6.45) is 3.18. The Bertz CT molecular complexity index is 377. The molecule has 1 aromatic heterocycles. The van der Waals surface area contributed by atoms with E-state index in [4.69, 9.17) is 0 Å². The molecule has 0 spiro atoms. The molecule has 2 N–H and O–H groups in total. The first kappa shape index (κ1) is 14.6. The van der Waals surface area contributed by atoms with Crippen LogP contribution in [0, 0.1) is 6.92 Å². The van der Waals surface area contributed by atoms with Crippen LogP contribution in [0.4, 0.5) is 0 Å². The van der Waals surface area contributed by atoms with E-state index in [2.05, 4.69) is 29.5 Å². The van der Waals surface area contributed by atoms with Crippen LogP contribution < -0.4 is 10.6 Å². The average molecular weight is 249 g/mol. The fraction of sp³-hybridized carbons (Fsp3) is 0.571. The number of amides is 1. The summed E-state index contributed by atoms with van der Waals surface area (Å²) < 4.78 is 0. The highest BCUT2D eigenvalue weighted by atomic mass is 16.1. The van der Waals surface area contributed by atoms with Crippen LogP contribution in [0.1, 0.15) is 37.9 Å². The van der Waals surface area contributed by atoms with Crippen molar-refractivity contribution in [3.8, 4) is 0 Å². The molecule has 4 heteroatoms. The van der Waals surface area contributed by atoms with Crippen LogP contribution in [-0.4, -0.2) is 23.5 Å². The number of hydrogen-bond donors (Lipinski definition) is 2. The van der Waals surface area contributed by atoms with Gasteiger partial charge in [-0.15, -0.1) is 0 Å². The minimum atomic E-state index is 0.0885. The summed E-state index contributed by atoms with van der Waals surface area (Å²) in [6, 6.07) is 4.38. The highest BCUT2D eigenvalue weighted by molar-refractivity contribution is 5.75. The van der Waals surface area contributed by atoms with Crippen LogP contribution in [0.5, 0.6) is 0 Å². The fourth-order valence-corrected chi connectivity index (χ4v) is 1.61. The number of carbonyl (C=O) groups is 1. The maximum absolute atomic E-state index is 11.6. The van der Waals surface area contributed by atoms with Gasteiger partial charge in [-0.1, -0.05) is 19.9 Å². The Morgan fingerprint density at radius 1 is 1.44 bits per heavy atom. The summed E-state index contributed by atoms with van der Waals surface area (Å²) in [6.45, 7) is 7.60. The molecule has 0 aromatic carbocycles. The van der Waals surface area contributed by atoms with Gasteiger partial charge in [0.05, 0.1) is 12.2 Å². The molecule has 0 saturated carbocycles. The first-order valence-electron chi connectivity index (χ1n) is 6.50. The molecule has 0 atom stereocenters. The topological polar surface area (TPSA) is 54.0 Å². The zero-order valence-electron chi connectivity index (χ0n) is 11.5. The lowest BCUT2D eigenvalue weighted by atomic mass is 10.2. The van der Waals surface area contributed by atoms with Crippen molar-refractivity contribution in [2.45, 2.75) is 46.2 Å². The molecule has 0 saturated heterocycles. The lowest BCUT2D eigenvalue weighted by Crippen LogP contribution is -2.27. The van der Waals surface area contributed by atoms with Gasteiger partial charge in [-0.2, -0.15) is 0 Å². The van der Waals surface area contributed by atoms with E-state index in [1.807, 2.05) is 19.1 Å². The summed E-state index contributed by atoms with van der Waals surface area (Å²) in [5.41, 5.74) is 2.05. The van der Waals surface area contributed by atoms with Crippen molar-refractivity contribution in [3.05, 3.63) is 29.6 Å². The summed E-state index contributed by atoms with van der Waals surface area (Å²) >= 11 is 0. The molecule has 100 valence electrons. The summed E-state index contributed by atoms with van der Waals surface area (Å²) in [7, 11) is 0. The molecule has 0 bridgehead atoms. The second-order valence-corrected chi connectivity index (χ2v) is 4.76. The molecule has 18 heavy (non-hydrogen) atoms. The van der Waals surface area contributed by atoms with E-state index in [1.165, 1.54) is 0 Å². The Hall–Kier alpha value is -1.42. The molecule has 0 aliphatic carbocycles. The van der Waals surface area contributed by atoms with Gasteiger partial charge in [0.2, 0.25) is 5.91 Å². The largest absolute Gasteiger partial charge is 0.350 e. The third-order valence-electron chi connectivity index (χ3n) is 2.70. The number of aromatic nitrogens is 1. The molecule has 0 aliphatic heterocycles. The van der Waals surface area contributed by atoms with Gasteiger partial charge in [0.1, 0.15) is 0 Å². The minimum absolute atomic E-state index is 0.0885. The van der Waals surface area contributed by atoms with Gasteiger partial charge in [-0.25, -0.2) is 0 Å². The normalized spacial score (nSPS) is 10.7. The SMILES string of the molecule is Cc1cccnc1CNC(=O)CCCNC(C)C. The molecule has 1 aromatic rings. The molecule has 0 aliphatic rings. The quantitative estimate of drug-likeness (QED) is 0.724. The van der Waals surface area contributed by atoms with E-state index < -0.39 is 0 Å². The summed E-state index contributed by atoms with van der Waals surface area (Å²) in [5.74, 6) is 0.0885. The smallest absolute Gasteiger partial charge is 0.220 e. The van der Waals surface area contributed by atoms with Crippen LogP contribution in [0.2, 0.25) is 0 Å². The molecule has 0 unspecified atom stereocenters. The maximum atomic E-state index is 11.6. The fourth-order valence-electron chi connectivity index (χ4n) is 1.61. The number of nitrogens with zero attached hydrogens (tertiary/aromatic N) is 1. The third kappa shape index (κ3) is 5.77. The Morgan fingerprint density at radius 2 is 2.22 bits per heavy atom. The van der Waals surface area contributed by atoms with E-state index in [9.17, 15) is 4.79 Å². The first-order chi connectivity index (χ1) is 8.59. The van der Waals surface area contributed by atoms with Crippen molar-refractivity contribution in [2.75, 3.05) is 6.54 Å². The average Bonchev–Trinajstić information content (AvgIpc) is 2.33. The van der Waals surface area contributed by atoms with E-state index in [0.717, 1.165) is 24.2 Å². The second kappa shape index (κ2) is 7.82. The molecular formula is C14H23N3O. The molecule has 1 heterocycles. The standard InChI is InChI=1S/C14H23N3O/c1-11(2)15-8-5-7-14(18)17-10-13-12(3)6-4-9-16-13/h4,6,9,11,15H,5,7-8,10H2,1-3H3,(H,17,18). The van der Waals surface area contributed by atoms with Gasteiger partial charge < -0.3 is 10.6 Å². The zero-order chi connectivity index (χ0) is 13.4. The van der Waals surface area contributed by atoms with Gasteiger partial charge in [-0.3, -0.25) is 9.78 Å². The Kier molecular flexibility index (Phi) is 6.36. The molecule has 4 nitrogen and oxygen atoms in total. The van der Waals surface area contributed by atoms with E-state index in [1.54, 1.807) is 6.20 Å². The number of aryl methyl sites for hydroxylation is 1.